The topological polar surface area (TPSA) is 94.2 Å². The number of rotatable bonds is 9. The molecule has 3 aliphatic rings. The molecule has 3 aromatic carbocycles. The third-order valence-electron chi connectivity index (χ3n) is 9.17. The Morgan fingerprint density at radius 1 is 0.884 bits per heavy atom. The van der Waals surface area contributed by atoms with E-state index in [-0.39, 0.29) is 25.2 Å². The van der Waals surface area contributed by atoms with Gasteiger partial charge in [0.2, 0.25) is 18.6 Å². The SMILES string of the molecule is COC(=O)C1C(c2ccccc2)C(C(=O)NCc2ccc3c(c2)OCO3)N(C(=O)CCC2CCCC2)C1c1ccccc1. The standard InChI is InChI=1S/C35H38N2O6/c1-41-35(40)31-30(25-12-4-2-5-13-25)33(34(39)36-21-24-16-18-27-28(20-24)43-22-42-27)37(32(31)26-14-6-3-7-15-26)29(38)19-17-23-10-8-9-11-23/h2-7,12-16,18,20,23,30-33H,8-11,17,19,21-22H2,1H3,(H,36,39). The molecule has 8 heteroatoms. The first-order valence-corrected chi connectivity index (χ1v) is 15.2. The van der Waals surface area contributed by atoms with E-state index in [1.54, 1.807) is 4.90 Å². The molecule has 1 saturated heterocycles. The van der Waals surface area contributed by atoms with Gasteiger partial charge in [-0.2, -0.15) is 0 Å². The summed E-state index contributed by atoms with van der Waals surface area (Å²) in [6, 6.07) is 23.1. The van der Waals surface area contributed by atoms with Crippen LogP contribution in [0.3, 0.4) is 0 Å². The molecular formula is C35H38N2O6. The summed E-state index contributed by atoms with van der Waals surface area (Å²) in [6.07, 6.45) is 5.76. The molecule has 1 N–H and O–H groups in total. The lowest BCUT2D eigenvalue weighted by molar-refractivity contribution is -0.147. The summed E-state index contributed by atoms with van der Waals surface area (Å²) in [5.41, 5.74) is 2.46. The molecule has 1 saturated carbocycles. The van der Waals surface area contributed by atoms with Crippen molar-refractivity contribution in [2.45, 2.75) is 63.1 Å². The molecule has 0 bridgehead atoms. The molecule has 224 valence electrons. The van der Waals surface area contributed by atoms with Crippen molar-refractivity contribution in [1.29, 1.82) is 0 Å². The Kier molecular flexibility index (Phi) is 8.63. The number of methoxy groups -OCH3 is 1. The molecule has 3 aromatic rings. The zero-order chi connectivity index (χ0) is 29.8. The fourth-order valence-corrected chi connectivity index (χ4v) is 7.11. The molecule has 8 nitrogen and oxygen atoms in total. The Morgan fingerprint density at radius 2 is 1.56 bits per heavy atom. The van der Waals surface area contributed by atoms with Crippen LogP contribution >= 0.6 is 0 Å². The van der Waals surface area contributed by atoms with Crippen LogP contribution in [0.25, 0.3) is 0 Å². The van der Waals surface area contributed by atoms with Gasteiger partial charge in [0, 0.05) is 18.9 Å². The Labute approximate surface area is 252 Å². The van der Waals surface area contributed by atoms with Gasteiger partial charge in [0.15, 0.2) is 11.5 Å². The average Bonchev–Trinajstić information content (AvgIpc) is 3.82. The fourth-order valence-electron chi connectivity index (χ4n) is 7.11. The number of ether oxygens (including phenoxy) is 3. The van der Waals surface area contributed by atoms with Crippen LogP contribution < -0.4 is 14.8 Å². The van der Waals surface area contributed by atoms with Crippen molar-refractivity contribution in [2.24, 2.45) is 11.8 Å². The van der Waals surface area contributed by atoms with Gasteiger partial charge < -0.3 is 24.4 Å². The number of nitrogens with one attached hydrogen (secondary N) is 1. The van der Waals surface area contributed by atoms with Crippen LogP contribution in [0.5, 0.6) is 11.5 Å². The fraction of sp³-hybridized carbons (Fsp3) is 0.400. The predicted molar refractivity (Wildman–Crippen MR) is 160 cm³/mol. The van der Waals surface area contributed by atoms with Crippen LogP contribution in [0, 0.1) is 11.8 Å². The van der Waals surface area contributed by atoms with E-state index in [9.17, 15) is 14.4 Å². The Morgan fingerprint density at radius 3 is 2.26 bits per heavy atom. The number of hydrogen-bond acceptors (Lipinski definition) is 6. The largest absolute Gasteiger partial charge is 0.469 e. The van der Waals surface area contributed by atoms with E-state index in [2.05, 4.69) is 5.32 Å². The number of benzene rings is 3. The minimum absolute atomic E-state index is 0.115. The van der Waals surface area contributed by atoms with Crippen LogP contribution in [-0.4, -0.2) is 42.6 Å². The maximum atomic E-state index is 14.3. The predicted octanol–water partition coefficient (Wildman–Crippen LogP) is 5.53. The van der Waals surface area contributed by atoms with Crippen LogP contribution in [0.1, 0.15) is 67.2 Å². The molecule has 4 unspecified atom stereocenters. The van der Waals surface area contributed by atoms with Crippen LogP contribution in [0.15, 0.2) is 78.9 Å². The van der Waals surface area contributed by atoms with Gasteiger partial charge in [0.25, 0.3) is 0 Å². The molecule has 0 spiro atoms. The van der Waals surface area contributed by atoms with E-state index < -0.39 is 29.9 Å². The lowest BCUT2D eigenvalue weighted by Crippen LogP contribution is -2.48. The van der Waals surface area contributed by atoms with Gasteiger partial charge in [0.05, 0.1) is 19.1 Å². The molecule has 2 fully saturated rings. The molecule has 2 amide bonds. The van der Waals surface area contributed by atoms with Gasteiger partial charge >= 0.3 is 5.97 Å². The van der Waals surface area contributed by atoms with E-state index in [1.807, 2.05) is 78.9 Å². The van der Waals surface area contributed by atoms with Gasteiger partial charge in [-0.05, 0) is 41.2 Å². The van der Waals surface area contributed by atoms with E-state index in [4.69, 9.17) is 14.2 Å². The molecule has 2 aliphatic heterocycles. The number of nitrogens with zero attached hydrogens (tertiary/aromatic N) is 1. The van der Waals surface area contributed by atoms with Crippen LogP contribution in [0.2, 0.25) is 0 Å². The summed E-state index contributed by atoms with van der Waals surface area (Å²) in [4.78, 5) is 44.0. The van der Waals surface area contributed by atoms with Gasteiger partial charge in [0.1, 0.15) is 6.04 Å². The number of hydrogen-bond donors (Lipinski definition) is 1. The first-order valence-electron chi connectivity index (χ1n) is 15.2. The van der Waals surface area contributed by atoms with Gasteiger partial charge in [-0.15, -0.1) is 0 Å². The lowest BCUT2D eigenvalue weighted by Gasteiger charge is -2.32. The summed E-state index contributed by atoms with van der Waals surface area (Å²) in [7, 11) is 1.37. The number of carbonyl (C=O) groups is 3. The third kappa shape index (κ3) is 5.96. The molecule has 0 radical (unpaired) electrons. The zero-order valence-corrected chi connectivity index (χ0v) is 24.4. The van der Waals surface area contributed by atoms with Gasteiger partial charge in [-0.1, -0.05) is 92.4 Å². The van der Waals surface area contributed by atoms with E-state index in [0.717, 1.165) is 36.0 Å². The second-order valence-corrected chi connectivity index (χ2v) is 11.7. The highest BCUT2D eigenvalue weighted by Gasteiger charge is 2.57. The smallest absolute Gasteiger partial charge is 0.311 e. The normalized spacial score (nSPS) is 22.9. The Bertz CT molecular complexity index is 1440. The summed E-state index contributed by atoms with van der Waals surface area (Å²) in [5, 5.41) is 3.08. The summed E-state index contributed by atoms with van der Waals surface area (Å²) >= 11 is 0. The molecule has 0 aromatic heterocycles. The first kappa shape index (κ1) is 28.8. The minimum Gasteiger partial charge on any atom is -0.469 e. The van der Waals surface area contributed by atoms with Gasteiger partial charge in [-0.25, -0.2) is 0 Å². The zero-order valence-electron chi connectivity index (χ0n) is 24.4. The highest BCUT2D eigenvalue weighted by atomic mass is 16.7. The van der Waals surface area contributed by atoms with Crippen LogP contribution in [-0.2, 0) is 25.7 Å². The van der Waals surface area contributed by atoms with Crippen molar-refractivity contribution in [1.82, 2.24) is 10.2 Å². The Balaban J connectivity index is 1.39. The number of fused-ring (bicyclic) bond motifs is 1. The van der Waals surface area contributed by atoms with Crippen molar-refractivity contribution in [3.8, 4) is 11.5 Å². The van der Waals surface area contributed by atoms with Crippen molar-refractivity contribution >= 4 is 17.8 Å². The molecule has 4 atom stereocenters. The highest BCUT2D eigenvalue weighted by Crippen LogP contribution is 2.51. The van der Waals surface area contributed by atoms with E-state index in [0.29, 0.717) is 23.8 Å². The monoisotopic (exact) mass is 582 g/mol. The molecule has 43 heavy (non-hydrogen) atoms. The molecule has 1 aliphatic carbocycles. The maximum absolute atomic E-state index is 14.3. The molecule has 6 rings (SSSR count). The third-order valence-corrected chi connectivity index (χ3v) is 9.17. The summed E-state index contributed by atoms with van der Waals surface area (Å²) in [5.74, 6) is -0.431. The minimum atomic E-state index is -0.915. The van der Waals surface area contributed by atoms with E-state index >= 15 is 0 Å². The van der Waals surface area contributed by atoms with Crippen molar-refractivity contribution in [3.05, 3.63) is 95.6 Å². The van der Waals surface area contributed by atoms with E-state index in [1.165, 1.54) is 20.0 Å². The highest BCUT2D eigenvalue weighted by molar-refractivity contribution is 5.92. The van der Waals surface area contributed by atoms with Crippen molar-refractivity contribution in [2.75, 3.05) is 13.9 Å². The Hall–Kier alpha value is -4.33. The van der Waals surface area contributed by atoms with Gasteiger partial charge in [-0.3, -0.25) is 14.4 Å². The second-order valence-electron chi connectivity index (χ2n) is 11.7. The van der Waals surface area contributed by atoms with Crippen LogP contribution in [0.4, 0.5) is 0 Å². The number of esters is 1. The molecular weight excluding hydrogens is 544 g/mol. The first-order chi connectivity index (χ1) is 21.0. The van der Waals surface area contributed by atoms with Crippen molar-refractivity contribution < 1.29 is 28.6 Å². The number of likely N-dealkylation sites (tertiary alicyclic amines) is 1. The lowest BCUT2D eigenvalue weighted by atomic mass is 9.80. The number of amides is 2. The quantitative estimate of drug-likeness (QED) is 0.334. The average molecular weight is 583 g/mol. The maximum Gasteiger partial charge on any atom is 0.311 e. The molecule has 2 heterocycles. The summed E-state index contributed by atoms with van der Waals surface area (Å²) in [6.45, 7) is 0.399. The summed E-state index contributed by atoms with van der Waals surface area (Å²) < 4.78 is 16.3. The van der Waals surface area contributed by atoms with Crippen molar-refractivity contribution in [3.63, 3.8) is 0 Å². The number of carbonyl (C=O) groups excluding carboxylic acids is 3. The second kappa shape index (κ2) is 12.9.